The third-order valence-corrected chi connectivity index (χ3v) is 4.67. The molecule has 0 aliphatic heterocycles. The van der Waals surface area contributed by atoms with E-state index in [1.165, 1.54) is 13.0 Å². The number of nitrogens with one attached hydrogen (secondary N) is 1. The van der Waals surface area contributed by atoms with Crippen molar-refractivity contribution in [3.05, 3.63) is 11.4 Å². The van der Waals surface area contributed by atoms with Crippen LogP contribution in [-0.4, -0.2) is 18.0 Å². The van der Waals surface area contributed by atoms with Gasteiger partial charge in [0.2, 0.25) is 5.91 Å². The number of carbonyl (C=O) groups is 1. The Kier molecular flexibility index (Phi) is 12.8. The van der Waals surface area contributed by atoms with Gasteiger partial charge in [-0.3, -0.25) is 4.79 Å². The van der Waals surface area contributed by atoms with Crippen molar-refractivity contribution >= 4 is 13.5 Å². The van der Waals surface area contributed by atoms with E-state index in [0.29, 0.717) is 12.3 Å². The molecule has 1 aliphatic rings. The number of carbonyl (C=O) groups excluding carboxylic acids is 1. The molecule has 0 aromatic carbocycles. The van der Waals surface area contributed by atoms with Gasteiger partial charge in [0.05, 0.1) is 0 Å². The predicted octanol–water partition coefficient (Wildman–Crippen LogP) is -5.92. The first-order chi connectivity index (χ1) is 9.11. The van der Waals surface area contributed by atoms with Crippen molar-refractivity contribution in [3.63, 3.8) is 0 Å². The fourth-order valence-electron chi connectivity index (χ4n) is 2.72. The van der Waals surface area contributed by atoms with Crippen LogP contribution in [0.1, 0.15) is 40.0 Å². The molecule has 22 heavy (non-hydrogen) atoms. The van der Waals surface area contributed by atoms with E-state index in [4.69, 9.17) is 5.73 Å². The maximum atomic E-state index is 11.3. The summed E-state index contributed by atoms with van der Waals surface area (Å²) < 4.78 is 11.0. The SMILES string of the molecule is CC(=O)N[C@@H](CC(C)C)[C@@H]1CC=C(P(=O)([O-])[O-])C[C@H]1N.[Na+].[Na+]. The number of allylic oxidation sites excluding steroid dienone is 1. The number of hydrogen-bond acceptors (Lipinski definition) is 5. The van der Waals surface area contributed by atoms with Gasteiger partial charge in [-0.15, -0.1) is 0 Å². The summed E-state index contributed by atoms with van der Waals surface area (Å²) in [5, 5.41) is 2.79. The molecular formula is C13H23N2Na2O4P. The maximum absolute atomic E-state index is 11.3. The minimum absolute atomic E-state index is 0. The second-order valence-corrected chi connectivity index (χ2v) is 7.47. The van der Waals surface area contributed by atoms with Crippen LogP contribution in [0.3, 0.4) is 0 Å². The van der Waals surface area contributed by atoms with E-state index in [9.17, 15) is 19.1 Å². The van der Waals surface area contributed by atoms with Crippen LogP contribution in [0, 0.1) is 11.8 Å². The molecule has 1 aliphatic carbocycles. The zero-order valence-electron chi connectivity index (χ0n) is 14.2. The minimum Gasteiger partial charge on any atom is -0.808 e. The van der Waals surface area contributed by atoms with Crippen molar-refractivity contribution in [3.8, 4) is 0 Å². The van der Waals surface area contributed by atoms with Gasteiger partial charge in [-0.2, -0.15) is 0 Å². The Morgan fingerprint density at radius 2 is 2.00 bits per heavy atom. The molecule has 0 aromatic heterocycles. The summed E-state index contributed by atoms with van der Waals surface area (Å²) in [7, 11) is -4.70. The van der Waals surface area contributed by atoms with E-state index in [0.717, 1.165) is 6.42 Å². The number of hydrogen-bond donors (Lipinski definition) is 2. The zero-order chi connectivity index (χ0) is 15.5. The van der Waals surface area contributed by atoms with Crippen molar-refractivity contribution < 1.29 is 78.3 Å². The summed E-state index contributed by atoms with van der Waals surface area (Å²) >= 11 is 0. The summed E-state index contributed by atoms with van der Waals surface area (Å²) in [5.74, 6) is 0.210. The molecule has 0 radical (unpaired) electrons. The molecule has 1 rings (SSSR count). The van der Waals surface area contributed by atoms with Crippen molar-refractivity contribution in [1.82, 2.24) is 5.32 Å². The molecule has 0 bridgehead atoms. The third kappa shape index (κ3) is 8.43. The molecule has 0 aromatic rings. The molecule has 1 amide bonds. The van der Waals surface area contributed by atoms with Crippen LogP contribution < -0.4 is 80.0 Å². The van der Waals surface area contributed by atoms with E-state index in [-0.39, 0.29) is 88.7 Å². The summed E-state index contributed by atoms with van der Waals surface area (Å²) in [6, 6.07) is -0.528. The molecule has 3 atom stereocenters. The van der Waals surface area contributed by atoms with Gasteiger partial charge in [-0.05, 0) is 44.0 Å². The van der Waals surface area contributed by atoms with Gasteiger partial charge in [0.1, 0.15) is 0 Å². The molecule has 3 N–H and O–H groups in total. The Bertz CT molecular complexity index is 440. The fraction of sp³-hybridized carbons (Fsp3) is 0.769. The molecule has 9 heteroatoms. The van der Waals surface area contributed by atoms with E-state index in [1.54, 1.807) is 0 Å². The first-order valence-corrected chi connectivity index (χ1v) is 8.39. The quantitative estimate of drug-likeness (QED) is 0.379. The molecule has 0 unspecified atom stereocenters. The first-order valence-electron chi connectivity index (χ1n) is 6.85. The van der Waals surface area contributed by atoms with E-state index in [1.807, 2.05) is 13.8 Å². The summed E-state index contributed by atoms with van der Waals surface area (Å²) in [4.78, 5) is 33.4. The number of amides is 1. The molecule has 0 spiro atoms. The summed E-state index contributed by atoms with van der Waals surface area (Å²) in [6.07, 6.45) is 2.70. The van der Waals surface area contributed by atoms with Crippen molar-refractivity contribution in [1.29, 1.82) is 0 Å². The Hall–Kier alpha value is 1.32. The fourth-order valence-corrected chi connectivity index (χ4v) is 3.48. The number of rotatable bonds is 5. The summed E-state index contributed by atoms with van der Waals surface area (Å²) in [5.41, 5.74) is 6.03. The smallest absolute Gasteiger partial charge is 0.808 e. The average Bonchev–Trinajstić information content (AvgIpc) is 2.25. The van der Waals surface area contributed by atoms with Crippen LogP contribution in [-0.2, 0) is 9.36 Å². The molecule has 0 saturated heterocycles. The van der Waals surface area contributed by atoms with Crippen LogP contribution in [0.4, 0.5) is 0 Å². The molecule has 0 fully saturated rings. The Morgan fingerprint density at radius 1 is 1.45 bits per heavy atom. The van der Waals surface area contributed by atoms with E-state index in [2.05, 4.69) is 5.32 Å². The third-order valence-electron chi connectivity index (χ3n) is 3.60. The standard InChI is InChI=1S/C13H25N2O4P.2Na/c1-8(2)6-13(15-9(3)16)11-5-4-10(7-12(11)14)20(17,18)19;;/h4,8,11-13H,5-7,14H2,1-3H3,(H,15,16)(H2,17,18,19);;/q;2*+1/p-2/t11-,12-,13+;;/m1../s1. The van der Waals surface area contributed by atoms with Gasteiger partial charge in [0.15, 0.2) is 0 Å². The molecule has 6 nitrogen and oxygen atoms in total. The molecule has 116 valence electrons. The van der Waals surface area contributed by atoms with Gasteiger partial charge >= 0.3 is 59.1 Å². The van der Waals surface area contributed by atoms with Crippen LogP contribution >= 0.6 is 7.60 Å². The molecule has 0 saturated carbocycles. The van der Waals surface area contributed by atoms with E-state index >= 15 is 0 Å². The monoisotopic (exact) mass is 348 g/mol. The Morgan fingerprint density at radius 3 is 2.36 bits per heavy atom. The normalized spacial score (nSPS) is 23.0. The van der Waals surface area contributed by atoms with Crippen LogP contribution in [0.2, 0.25) is 0 Å². The largest absolute Gasteiger partial charge is 1.00 e. The van der Waals surface area contributed by atoms with Crippen LogP contribution in [0.15, 0.2) is 11.4 Å². The first kappa shape index (κ1) is 25.6. The van der Waals surface area contributed by atoms with Gasteiger partial charge < -0.3 is 25.4 Å². The maximum Gasteiger partial charge on any atom is 1.00 e. The van der Waals surface area contributed by atoms with Gasteiger partial charge in [-0.25, -0.2) is 0 Å². The van der Waals surface area contributed by atoms with Crippen molar-refractivity contribution in [2.45, 2.75) is 52.1 Å². The second kappa shape index (κ2) is 11.0. The van der Waals surface area contributed by atoms with Crippen molar-refractivity contribution in [2.75, 3.05) is 0 Å². The zero-order valence-corrected chi connectivity index (χ0v) is 19.1. The van der Waals surface area contributed by atoms with Gasteiger partial charge in [0.25, 0.3) is 0 Å². The van der Waals surface area contributed by atoms with Gasteiger partial charge in [-0.1, -0.05) is 19.9 Å². The van der Waals surface area contributed by atoms with Gasteiger partial charge in [0, 0.05) is 19.0 Å². The topological polar surface area (TPSA) is 118 Å². The summed E-state index contributed by atoms with van der Waals surface area (Å²) in [6.45, 7) is 5.55. The average molecular weight is 348 g/mol. The van der Waals surface area contributed by atoms with Crippen LogP contribution in [0.5, 0.6) is 0 Å². The Labute approximate surface area is 176 Å². The molecule has 0 heterocycles. The van der Waals surface area contributed by atoms with E-state index < -0.39 is 13.6 Å². The predicted molar refractivity (Wildman–Crippen MR) is 73.4 cm³/mol. The minimum atomic E-state index is -4.70. The molecular weight excluding hydrogens is 325 g/mol. The number of nitrogens with two attached hydrogens (primary N) is 1. The second-order valence-electron chi connectivity index (χ2n) is 5.90. The van der Waals surface area contributed by atoms with Crippen molar-refractivity contribution in [2.24, 2.45) is 17.6 Å². The Balaban J connectivity index is 0. The van der Waals surface area contributed by atoms with Crippen LogP contribution in [0.25, 0.3) is 0 Å².